The third kappa shape index (κ3) is 4.43. The van der Waals surface area contributed by atoms with Crippen molar-refractivity contribution in [1.29, 1.82) is 0 Å². The molecule has 0 saturated carbocycles. The van der Waals surface area contributed by atoms with Crippen LogP contribution in [-0.2, 0) is 14.8 Å². The zero-order valence-electron chi connectivity index (χ0n) is 15.1. The minimum Gasteiger partial charge on any atom is -0.377 e. The fourth-order valence-corrected chi connectivity index (χ4v) is 4.65. The van der Waals surface area contributed by atoms with Crippen LogP contribution in [0.2, 0.25) is 0 Å². The van der Waals surface area contributed by atoms with Crippen LogP contribution in [0.5, 0.6) is 0 Å². The molecule has 0 bridgehead atoms. The second kappa shape index (κ2) is 8.47. The quantitative estimate of drug-likeness (QED) is 0.735. The van der Waals surface area contributed by atoms with E-state index in [2.05, 4.69) is 10.0 Å². The number of amides is 1. The van der Waals surface area contributed by atoms with Crippen LogP contribution in [-0.4, -0.2) is 64.7 Å². The van der Waals surface area contributed by atoms with E-state index in [9.17, 15) is 13.2 Å². The smallest absolute Gasteiger partial charge is 0.254 e. The molecular formula is C18H27N3O4S. The Hall–Kier alpha value is -1.48. The normalized spacial score (nSPS) is 23.5. The first kappa shape index (κ1) is 19.3. The van der Waals surface area contributed by atoms with Crippen molar-refractivity contribution >= 4 is 15.9 Å². The van der Waals surface area contributed by atoms with E-state index in [1.165, 1.54) is 12.1 Å². The number of hydrogen-bond acceptors (Lipinski definition) is 5. The molecule has 1 aromatic rings. The Morgan fingerprint density at radius 3 is 2.62 bits per heavy atom. The summed E-state index contributed by atoms with van der Waals surface area (Å²) in [6.45, 7) is 2.48. The summed E-state index contributed by atoms with van der Waals surface area (Å²) in [6.07, 6.45) is 3.78. The van der Waals surface area contributed by atoms with Gasteiger partial charge in [0.2, 0.25) is 10.0 Å². The Morgan fingerprint density at radius 2 is 1.96 bits per heavy atom. The van der Waals surface area contributed by atoms with Crippen LogP contribution in [0.1, 0.15) is 36.0 Å². The maximum absolute atomic E-state index is 12.7. The van der Waals surface area contributed by atoms with Crippen molar-refractivity contribution in [1.82, 2.24) is 14.9 Å². The van der Waals surface area contributed by atoms with E-state index in [-0.39, 0.29) is 29.5 Å². The molecule has 26 heavy (non-hydrogen) atoms. The van der Waals surface area contributed by atoms with Crippen molar-refractivity contribution in [3.05, 3.63) is 29.8 Å². The van der Waals surface area contributed by atoms with Gasteiger partial charge in [0.25, 0.3) is 5.91 Å². The molecule has 2 aliphatic heterocycles. The topological polar surface area (TPSA) is 87.7 Å². The van der Waals surface area contributed by atoms with Gasteiger partial charge in [-0.15, -0.1) is 0 Å². The van der Waals surface area contributed by atoms with Crippen LogP contribution < -0.4 is 10.0 Å². The predicted octanol–water partition coefficient (Wildman–Crippen LogP) is 0.968. The molecule has 2 unspecified atom stereocenters. The van der Waals surface area contributed by atoms with Crippen LogP contribution in [0.4, 0.5) is 0 Å². The first-order chi connectivity index (χ1) is 12.5. The molecule has 2 aliphatic rings. The van der Waals surface area contributed by atoms with Crippen LogP contribution in [0, 0.1) is 0 Å². The molecule has 144 valence electrons. The van der Waals surface area contributed by atoms with Crippen molar-refractivity contribution in [2.24, 2.45) is 0 Å². The molecule has 0 spiro atoms. The van der Waals surface area contributed by atoms with Crippen molar-refractivity contribution in [3.8, 4) is 0 Å². The van der Waals surface area contributed by atoms with Gasteiger partial charge >= 0.3 is 0 Å². The van der Waals surface area contributed by atoms with E-state index < -0.39 is 10.0 Å². The van der Waals surface area contributed by atoms with Gasteiger partial charge in [-0.25, -0.2) is 13.1 Å². The van der Waals surface area contributed by atoms with Crippen LogP contribution >= 0.6 is 0 Å². The summed E-state index contributed by atoms with van der Waals surface area (Å²) in [5, 5.41) is 3.12. The maximum atomic E-state index is 12.7. The number of ether oxygens (including phenoxy) is 1. The summed E-state index contributed by atoms with van der Waals surface area (Å²) < 4.78 is 32.8. The second-order valence-electron chi connectivity index (χ2n) is 6.86. The molecule has 1 aromatic carbocycles. The molecular weight excluding hydrogens is 354 g/mol. The predicted molar refractivity (Wildman–Crippen MR) is 98.6 cm³/mol. The molecule has 0 aromatic heterocycles. The van der Waals surface area contributed by atoms with Gasteiger partial charge in [-0.2, -0.15) is 0 Å². The Morgan fingerprint density at radius 1 is 1.19 bits per heavy atom. The van der Waals surface area contributed by atoms with E-state index in [1.807, 2.05) is 11.9 Å². The number of nitrogens with one attached hydrogen (secondary N) is 2. The summed E-state index contributed by atoms with van der Waals surface area (Å²) >= 11 is 0. The highest BCUT2D eigenvalue weighted by Crippen LogP contribution is 2.21. The zero-order chi connectivity index (χ0) is 18.6. The van der Waals surface area contributed by atoms with Gasteiger partial charge in [-0.1, -0.05) is 0 Å². The summed E-state index contributed by atoms with van der Waals surface area (Å²) in [6, 6.07) is 6.38. The van der Waals surface area contributed by atoms with Gasteiger partial charge in [0.05, 0.1) is 11.0 Å². The Balaban J connectivity index is 1.64. The number of carbonyl (C=O) groups excluding carboxylic acids is 1. The maximum Gasteiger partial charge on any atom is 0.254 e. The second-order valence-corrected chi connectivity index (χ2v) is 8.63. The van der Waals surface area contributed by atoms with Gasteiger partial charge < -0.3 is 15.0 Å². The molecule has 2 saturated heterocycles. The van der Waals surface area contributed by atoms with Crippen LogP contribution in [0.3, 0.4) is 0 Å². The third-order valence-electron chi connectivity index (χ3n) is 5.01. The first-order valence-electron chi connectivity index (χ1n) is 9.18. The lowest BCUT2D eigenvalue weighted by Gasteiger charge is -2.24. The van der Waals surface area contributed by atoms with Gasteiger partial charge in [-0.05, 0) is 57.0 Å². The number of nitrogens with zero attached hydrogens (tertiary/aromatic N) is 1. The van der Waals surface area contributed by atoms with Gasteiger partial charge in [0.1, 0.15) is 0 Å². The molecule has 0 radical (unpaired) electrons. The van der Waals surface area contributed by atoms with Crippen molar-refractivity contribution in [2.75, 3.05) is 33.3 Å². The van der Waals surface area contributed by atoms with E-state index in [1.54, 1.807) is 12.1 Å². The Kier molecular flexibility index (Phi) is 6.29. The first-order valence-corrected chi connectivity index (χ1v) is 10.7. The van der Waals surface area contributed by atoms with Crippen molar-refractivity contribution in [2.45, 2.75) is 42.7 Å². The summed E-state index contributed by atoms with van der Waals surface area (Å²) in [5.41, 5.74) is 0.520. The third-order valence-corrected chi connectivity index (χ3v) is 6.45. The summed E-state index contributed by atoms with van der Waals surface area (Å²) in [4.78, 5) is 14.7. The van der Waals surface area contributed by atoms with Gasteiger partial charge in [-0.3, -0.25) is 4.79 Å². The number of likely N-dealkylation sites (N-methyl/N-ethyl adjacent to an activating group) is 1. The highest BCUT2D eigenvalue weighted by atomic mass is 32.2. The lowest BCUT2D eigenvalue weighted by atomic mass is 10.1. The van der Waals surface area contributed by atoms with E-state index in [4.69, 9.17) is 4.74 Å². The molecule has 2 atom stereocenters. The SMILES string of the molecule is CNCC1CCCN1C(=O)c1ccc(S(=O)(=O)NCC2CCCO2)cc1. The molecule has 1 amide bonds. The molecule has 7 nitrogen and oxygen atoms in total. The minimum absolute atomic E-state index is 0.0426. The molecule has 2 N–H and O–H groups in total. The van der Waals surface area contributed by atoms with E-state index >= 15 is 0 Å². The minimum atomic E-state index is -3.59. The van der Waals surface area contributed by atoms with E-state index in [0.29, 0.717) is 12.2 Å². The molecule has 2 heterocycles. The van der Waals surface area contributed by atoms with Gasteiger partial charge in [0.15, 0.2) is 0 Å². The number of likely N-dealkylation sites (tertiary alicyclic amines) is 1. The number of benzene rings is 1. The molecule has 2 fully saturated rings. The van der Waals surface area contributed by atoms with E-state index in [0.717, 1.165) is 38.8 Å². The van der Waals surface area contributed by atoms with Crippen LogP contribution in [0.25, 0.3) is 0 Å². The highest BCUT2D eigenvalue weighted by molar-refractivity contribution is 7.89. The largest absolute Gasteiger partial charge is 0.377 e. The monoisotopic (exact) mass is 381 g/mol. The summed E-state index contributed by atoms with van der Waals surface area (Å²) in [5.74, 6) is -0.0426. The van der Waals surface area contributed by atoms with Crippen molar-refractivity contribution < 1.29 is 17.9 Å². The zero-order valence-corrected chi connectivity index (χ0v) is 15.9. The standard InChI is InChI=1S/C18H27N3O4S/c1-19-12-15-4-2-10-21(15)18(22)14-6-8-17(9-7-14)26(23,24)20-13-16-5-3-11-25-16/h6-9,15-16,19-20H,2-5,10-13H2,1H3. The average molecular weight is 381 g/mol. The fourth-order valence-electron chi connectivity index (χ4n) is 3.58. The lowest BCUT2D eigenvalue weighted by molar-refractivity contribution is 0.0737. The number of rotatable bonds is 7. The number of carbonyl (C=O) groups is 1. The lowest BCUT2D eigenvalue weighted by Crippen LogP contribution is -2.40. The Bertz CT molecular complexity index is 714. The molecule has 3 rings (SSSR count). The average Bonchev–Trinajstić information content (AvgIpc) is 3.32. The summed E-state index contributed by atoms with van der Waals surface area (Å²) in [7, 11) is -1.71. The molecule has 0 aliphatic carbocycles. The number of hydrogen-bond donors (Lipinski definition) is 2. The van der Waals surface area contributed by atoms with Crippen LogP contribution in [0.15, 0.2) is 29.2 Å². The van der Waals surface area contributed by atoms with Crippen molar-refractivity contribution in [3.63, 3.8) is 0 Å². The fraction of sp³-hybridized carbons (Fsp3) is 0.611. The Labute approximate surface area is 155 Å². The van der Waals surface area contributed by atoms with Gasteiger partial charge in [0, 0.05) is 37.8 Å². The molecule has 8 heteroatoms. The number of sulfonamides is 1. The highest BCUT2D eigenvalue weighted by Gasteiger charge is 2.29.